The van der Waals surface area contributed by atoms with E-state index in [4.69, 9.17) is 9.15 Å². The third-order valence-corrected chi connectivity index (χ3v) is 4.96. The molecule has 0 N–H and O–H groups in total. The van der Waals surface area contributed by atoms with Crippen molar-refractivity contribution in [1.82, 2.24) is 9.78 Å². The highest BCUT2D eigenvalue weighted by Gasteiger charge is 2.20. The molecular formula is C21H24N2O3. The molecule has 0 bridgehead atoms. The third-order valence-electron chi connectivity index (χ3n) is 4.96. The lowest BCUT2D eigenvalue weighted by Crippen LogP contribution is -2.21. The molecule has 2 aromatic rings. The lowest BCUT2D eigenvalue weighted by Gasteiger charge is -2.20. The van der Waals surface area contributed by atoms with Gasteiger partial charge in [0.05, 0.1) is 18.2 Å². The van der Waals surface area contributed by atoms with Crippen LogP contribution in [0.15, 0.2) is 27.4 Å². The smallest absolute Gasteiger partial charge is 0.392 e. The molecule has 2 fully saturated rings. The average Bonchev–Trinajstić information content (AvgIpc) is 3.43. The van der Waals surface area contributed by atoms with Crippen molar-refractivity contribution in [2.45, 2.75) is 58.0 Å². The fourth-order valence-electron chi connectivity index (χ4n) is 3.27. The van der Waals surface area contributed by atoms with Crippen LogP contribution in [0.1, 0.15) is 56.0 Å². The van der Waals surface area contributed by atoms with Crippen LogP contribution in [0.25, 0.3) is 5.69 Å². The molecule has 5 heteroatoms. The van der Waals surface area contributed by atoms with Crippen molar-refractivity contribution in [1.29, 1.82) is 0 Å². The van der Waals surface area contributed by atoms with E-state index in [1.165, 1.54) is 17.5 Å². The molecule has 5 nitrogen and oxygen atoms in total. The Labute approximate surface area is 153 Å². The summed E-state index contributed by atoms with van der Waals surface area (Å²) in [4.78, 5) is 12.4. The van der Waals surface area contributed by atoms with Crippen LogP contribution in [0.2, 0.25) is 0 Å². The Hall–Kier alpha value is -2.32. The fourth-order valence-corrected chi connectivity index (χ4v) is 3.27. The van der Waals surface area contributed by atoms with Crippen LogP contribution >= 0.6 is 0 Å². The molecule has 1 aromatic carbocycles. The predicted octanol–water partition coefficient (Wildman–Crippen LogP) is 3.26. The quantitative estimate of drug-likeness (QED) is 0.793. The van der Waals surface area contributed by atoms with Crippen LogP contribution in [-0.2, 0) is 17.6 Å². The molecule has 1 saturated carbocycles. The van der Waals surface area contributed by atoms with Crippen LogP contribution in [0.5, 0.6) is 0 Å². The molecular weight excluding hydrogens is 328 g/mol. The Balaban J connectivity index is 1.62. The van der Waals surface area contributed by atoms with Crippen molar-refractivity contribution >= 4 is 0 Å². The van der Waals surface area contributed by atoms with E-state index < -0.39 is 5.76 Å². The molecule has 4 rings (SSSR count). The molecule has 1 unspecified atom stereocenters. The van der Waals surface area contributed by atoms with Gasteiger partial charge in [0.2, 0.25) is 5.89 Å². The lowest BCUT2D eigenvalue weighted by atomic mass is 10.1. The third kappa shape index (κ3) is 3.91. The van der Waals surface area contributed by atoms with E-state index in [1.807, 2.05) is 18.2 Å². The Kier molecular flexibility index (Phi) is 4.94. The maximum atomic E-state index is 12.4. The number of nitrogens with zero attached hydrogens (tertiary/aromatic N) is 2. The average molecular weight is 352 g/mol. The van der Waals surface area contributed by atoms with Gasteiger partial charge in [-0.2, -0.15) is 4.68 Å². The zero-order chi connectivity index (χ0) is 17.9. The summed E-state index contributed by atoms with van der Waals surface area (Å²) in [5, 5.41) is 4.44. The number of ether oxygens (including phenoxy) is 1. The van der Waals surface area contributed by atoms with Crippen LogP contribution in [0.3, 0.4) is 0 Å². The maximum absolute atomic E-state index is 12.4. The molecule has 0 radical (unpaired) electrons. The van der Waals surface area contributed by atoms with Gasteiger partial charge in [-0.3, -0.25) is 0 Å². The van der Waals surface area contributed by atoms with Crippen molar-refractivity contribution in [3.63, 3.8) is 0 Å². The normalized spacial score (nSPS) is 19.8. The molecule has 1 aliphatic heterocycles. The monoisotopic (exact) mass is 352 g/mol. The Morgan fingerprint density at radius 2 is 2.15 bits per heavy atom. The summed E-state index contributed by atoms with van der Waals surface area (Å²) in [6.07, 6.45) is 7.09. The first-order valence-electron chi connectivity index (χ1n) is 9.58. The van der Waals surface area contributed by atoms with E-state index in [-0.39, 0.29) is 6.10 Å². The maximum Gasteiger partial charge on any atom is 0.441 e. The van der Waals surface area contributed by atoms with Crippen molar-refractivity contribution in [3.8, 4) is 17.5 Å². The predicted molar refractivity (Wildman–Crippen MR) is 98.4 cm³/mol. The summed E-state index contributed by atoms with van der Waals surface area (Å²) in [5.41, 5.74) is 2.73. The zero-order valence-corrected chi connectivity index (χ0v) is 15.2. The van der Waals surface area contributed by atoms with Crippen molar-refractivity contribution in [2.24, 2.45) is 5.92 Å². The zero-order valence-electron chi connectivity index (χ0n) is 15.2. The SMILES string of the molecule is CCc1ccc(C#CC2CC2)cc1-n1nc(CC2CCCCO2)oc1=O. The summed E-state index contributed by atoms with van der Waals surface area (Å²) in [7, 11) is 0. The number of aromatic nitrogens is 2. The second kappa shape index (κ2) is 7.51. The summed E-state index contributed by atoms with van der Waals surface area (Å²) in [6.45, 7) is 2.84. The Morgan fingerprint density at radius 1 is 1.27 bits per heavy atom. The van der Waals surface area contributed by atoms with Gasteiger partial charge >= 0.3 is 5.76 Å². The number of benzene rings is 1. The fraction of sp³-hybridized carbons (Fsp3) is 0.524. The second-order valence-corrected chi connectivity index (χ2v) is 7.11. The van der Waals surface area contributed by atoms with Crippen molar-refractivity contribution in [2.75, 3.05) is 6.61 Å². The van der Waals surface area contributed by atoms with Crippen LogP contribution in [0, 0.1) is 17.8 Å². The van der Waals surface area contributed by atoms with Gasteiger partial charge in [0, 0.05) is 18.1 Å². The summed E-state index contributed by atoms with van der Waals surface area (Å²) in [6, 6.07) is 5.98. The molecule has 1 aromatic heterocycles. The highest BCUT2D eigenvalue weighted by molar-refractivity contribution is 5.48. The topological polar surface area (TPSA) is 57.3 Å². The molecule has 0 spiro atoms. The molecule has 0 amide bonds. The number of aryl methyl sites for hydroxylation is 1. The first-order chi connectivity index (χ1) is 12.7. The lowest BCUT2D eigenvalue weighted by molar-refractivity contribution is 0.0130. The summed E-state index contributed by atoms with van der Waals surface area (Å²) in [5.74, 6) is 7.02. The van der Waals surface area contributed by atoms with Gasteiger partial charge in [0.15, 0.2) is 0 Å². The number of rotatable bonds is 4. The van der Waals surface area contributed by atoms with E-state index in [9.17, 15) is 4.79 Å². The first kappa shape index (κ1) is 17.1. The number of hydrogen-bond acceptors (Lipinski definition) is 4. The Morgan fingerprint density at radius 3 is 2.88 bits per heavy atom. The minimum Gasteiger partial charge on any atom is -0.392 e. The molecule has 1 saturated heterocycles. The molecule has 2 heterocycles. The number of hydrogen-bond donors (Lipinski definition) is 0. The van der Waals surface area contributed by atoms with Gasteiger partial charge in [-0.25, -0.2) is 4.79 Å². The minimum absolute atomic E-state index is 0.0941. The van der Waals surface area contributed by atoms with Crippen LogP contribution < -0.4 is 5.76 Å². The molecule has 26 heavy (non-hydrogen) atoms. The first-order valence-corrected chi connectivity index (χ1v) is 9.58. The van der Waals surface area contributed by atoms with Crippen LogP contribution in [0.4, 0.5) is 0 Å². The van der Waals surface area contributed by atoms with E-state index in [0.29, 0.717) is 18.2 Å². The summed E-state index contributed by atoms with van der Waals surface area (Å²) >= 11 is 0. The van der Waals surface area contributed by atoms with Gasteiger partial charge in [0.25, 0.3) is 0 Å². The standard InChI is InChI=1S/C21H24N2O3/c1-2-17-11-10-16(9-8-15-6-7-15)13-19(17)23-21(24)26-20(22-23)14-18-5-3-4-12-25-18/h10-11,13,15,18H,2-7,12,14H2,1H3. The molecule has 136 valence electrons. The van der Waals surface area contributed by atoms with E-state index in [2.05, 4.69) is 23.9 Å². The highest BCUT2D eigenvalue weighted by atomic mass is 16.5. The summed E-state index contributed by atoms with van der Waals surface area (Å²) < 4.78 is 12.5. The van der Waals surface area contributed by atoms with E-state index in [0.717, 1.165) is 49.1 Å². The largest absolute Gasteiger partial charge is 0.441 e. The molecule has 1 aliphatic carbocycles. The van der Waals surface area contributed by atoms with Gasteiger partial charge in [0.1, 0.15) is 0 Å². The highest BCUT2D eigenvalue weighted by Crippen LogP contribution is 2.27. The second-order valence-electron chi connectivity index (χ2n) is 7.11. The van der Waals surface area contributed by atoms with E-state index in [1.54, 1.807) is 0 Å². The van der Waals surface area contributed by atoms with Gasteiger partial charge in [-0.15, -0.1) is 5.10 Å². The minimum atomic E-state index is -0.446. The molecule has 1 atom stereocenters. The van der Waals surface area contributed by atoms with Gasteiger partial charge < -0.3 is 9.15 Å². The van der Waals surface area contributed by atoms with Gasteiger partial charge in [-0.05, 0) is 56.2 Å². The molecule has 2 aliphatic rings. The van der Waals surface area contributed by atoms with Gasteiger partial charge in [-0.1, -0.05) is 24.8 Å². The van der Waals surface area contributed by atoms with Crippen LogP contribution in [-0.4, -0.2) is 22.5 Å². The van der Waals surface area contributed by atoms with Crippen molar-refractivity contribution < 1.29 is 9.15 Å². The van der Waals surface area contributed by atoms with E-state index >= 15 is 0 Å². The van der Waals surface area contributed by atoms with Crippen molar-refractivity contribution in [3.05, 3.63) is 45.8 Å². The Bertz CT molecular complexity index is 890.